The normalized spacial score (nSPS) is 14.2. The lowest BCUT2D eigenvalue weighted by Crippen LogP contribution is -2.51. The molecule has 0 saturated carbocycles. The van der Waals surface area contributed by atoms with E-state index in [-0.39, 0.29) is 18.2 Å². The van der Waals surface area contributed by atoms with Crippen molar-refractivity contribution in [2.45, 2.75) is 6.42 Å². The Bertz CT molecular complexity index is 790. The number of methoxy groups -OCH3 is 1. The van der Waals surface area contributed by atoms with Gasteiger partial charge in [-0.25, -0.2) is 0 Å². The van der Waals surface area contributed by atoms with Gasteiger partial charge in [0, 0.05) is 54.7 Å². The first kappa shape index (κ1) is 18.2. The average molecular weight is 374 g/mol. The van der Waals surface area contributed by atoms with Crippen molar-refractivity contribution in [3.63, 3.8) is 0 Å². The largest absolute Gasteiger partial charge is 0.496 e. The van der Waals surface area contributed by atoms with Crippen LogP contribution in [0.1, 0.15) is 15.9 Å². The fourth-order valence-corrected chi connectivity index (χ4v) is 3.19. The second-order valence-electron chi connectivity index (χ2n) is 6.04. The number of piperazine rings is 1. The van der Waals surface area contributed by atoms with Gasteiger partial charge in [-0.05, 0) is 30.3 Å². The number of rotatable bonds is 4. The molecule has 2 heterocycles. The molecule has 1 aliphatic rings. The van der Waals surface area contributed by atoms with E-state index in [1.807, 2.05) is 0 Å². The molecule has 0 bridgehead atoms. The molecule has 1 fully saturated rings. The highest BCUT2D eigenvalue weighted by Crippen LogP contribution is 2.23. The fraction of sp³-hybridized carbons (Fsp3) is 0.316. The SMILES string of the molecule is COc1ccc(Cl)cc1CC(=O)N1CCN(C(=O)c2ccncc2)CC1. The molecular weight excluding hydrogens is 354 g/mol. The summed E-state index contributed by atoms with van der Waals surface area (Å²) in [5.41, 5.74) is 1.38. The molecule has 1 aromatic carbocycles. The minimum Gasteiger partial charge on any atom is -0.496 e. The fourth-order valence-electron chi connectivity index (χ4n) is 3.00. The Morgan fingerprint density at radius 2 is 1.73 bits per heavy atom. The molecule has 0 unspecified atom stereocenters. The number of aromatic nitrogens is 1. The van der Waals surface area contributed by atoms with Crippen LogP contribution in [-0.2, 0) is 11.2 Å². The van der Waals surface area contributed by atoms with Gasteiger partial charge in [0.1, 0.15) is 5.75 Å². The smallest absolute Gasteiger partial charge is 0.254 e. The molecule has 26 heavy (non-hydrogen) atoms. The Labute approximate surface area is 157 Å². The molecule has 3 rings (SSSR count). The zero-order chi connectivity index (χ0) is 18.5. The van der Waals surface area contributed by atoms with Crippen LogP contribution in [0.25, 0.3) is 0 Å². The molecule has 7 heteroatoms. The standard InChI is InChI=1S/C19H20ClN3O3/c1-26-17-3-2-16(20)12-15(17)13-18(24)22-8-10-23(11-9-22)19(25)14-4-6-21-7-5-14/h2-7,12H,8-11,13H2,1H3. The molecule has 2 amide bonds. The minimum absolute atomic E-state index is 0.00146. The number of benzene rings is 1. The van der Waals surface area contributed by atoms with Crippen molar-refractivity contribution in [1.82, 2.24) is 14.8 Å². The van der Waals surface area contributed by atoms with Crippen LogP contribution in [-0.4, -0.2) is 59.9 Å². The summed E-state index contributed by atoms with van der Waals surface area (Å²) in [6.45, 7) is 2.05. The second kappa shape index (κ2) is 8.19. The number of hydrogen-bond donors (Lipinski definition) is 0. The molecule has 136 valence electrons. The van der Waals surface area contributed by atoms with E-state index in [2.05, 4.69) is 4.98 Å². The van der Waals surface area contributed by atoms with Crippen molar-refractivity contribution in [3.8, 4) is 5.75 Å². The van der Waals surface area contributed by atoms with Crippen molar-refractivity contribution >= 4 is 23.4 Å². The third-order valence-electron chi connectivity index (χ3n) is 4.43. The van der Waals surface area contributed by atoms with Crippen LogP contribution < -0.4 is 4.74 Å². The second-order valence-corrected chi connectivity index (χ2v) is 6.48. The van der Waals surface area contributed by atoms with Gasteiger partial charge >= 0.3 is 0 Å². The molecule has 1 saturated heterocycles. The highest BCUT2D eigenvalue weighted by molar-refractivity contribution is 6.30. The van der Waals surface area contributed by atoms with Crippen molar-refractivity contribution in [1.29, 1.82) is 0 Å². The van der Waals surface area contributed by atoms with Crippen molar-refractivity contribution < 1.29 is 14.3 Å². The summed E-state index contributed by atoms with van der Waals surface area (Å²) >= 11 is 6.03. The predicted molar refractivity (Wildman–Crippen MR) is 98.4 cm³/mol. The van der Waals surface area contributed by atoms with E-state index in [1.54, 1.807) is 59.6 Å². The Kier molecular flexibility index (Phi) is 5.73. The maximum atomic E-state index is 12.6. The van der Waals surface area contributed by atoms with Gasteiger partial charge in [-0.2, -0.15) is 0 Å². The van der Waals surface area contributed by atoms with Gasteiger partial charge in [0.25, 0.3) is 5.91 Å². The lowest BCUT2D eigenvalue weighted by molar-refractivity contribution is -0.131. The molecule has 1 aliphatic heterocycles. The summed E-state index contributed by atoms with van der Waals surface area (Å²) in [6, 6.07) is 8.65. The molecule has 0 radical (unpaired) electrons. The third kappa shape index (κ3) is 4.14. The summed E-state index contributed by atoms with van der Waals surface area (Å²) in [5, 5.41) is 0.571. The van der Waals surface area contributed by atoms with Crippen LogP contribution in [0.5, 0.6) is 5.75 Å². The number of carbonyl (C=O) groups is 2. The maximum Gasteiger partial charge on any atom is 0.254 e. The van der Waals surface area contributed by atoms with Crippen LogP contribution in [0.2, 0.25) is 5.02 Å². The Balaban J connectivity index is 1.59. The van der Waals surface area contributed by atoms with Gasteiger partial charge in [0.2, 0.25) is 5.91 Å². The molecule has 1 aromatic heterocycles. The Morgan fingerprint density at radius 1 is 1.08 bits per heavy atom. The highest BCUT2D eigenvalue weighted by atomic mass is 35.5. The van der Waals surface area contributed by atoms with Gasteiger partial charge in [0.15, 0.2) is 0 Å². The predicted octanol–water partition coefficient (Wildman–Crippen LogP) is 2.27. The summed E-state index contributed by atoms with van der Waals surface area (Å²) < 4.78 is 5.30. The van der Waals surface area contributed by atoms with Gasteiger partial charge < -0.3 is 14.5 Å². The quantitative estimate of drug-likeness (QED) is 0.824. The molecule has 0 spiro atoms. The minimum atomic E-state index is -0.0315. The van der Waals surface area contributed by atoms with Crippen LogP contribution in [0.3, 0.4) is 0 Å². The van der Waals surface area contributed by atoms with E-state index < -0.39 is 0 Å². The van der Waals surface area contributed by atoms with Gasteiger partial charge in [-0.3, -0.25) is 14.6 Å². The van der Waals surface area contributed by atoms with E-state index in [4.69, 9.17) is 16.3 Å². The monoisotopic (exact) mass is 373 g/mol. The lowest BCUT2D eigenvalue weighted by Gasteiger charge is -2.35. The first-order chi connectivity index (χ1) is 12.6. The lowest BCUT2D eigenvalue weighted by atomic mass is 10.1. The highest BCUT2D eigenvalue weighted by Gasteiger charge is 2.25. The number of nitrogens with zero attached hydrogens (tertiary/aromatic N) is 3. The molecule has 2 aromatic rings. The maximum absolute atomic E-state index is 12.6. The van der Waals surface area contributed by atoms with Gasteiger partial charge in [-0.1, -0.05) is 11.6 Å². The summed E-state index contributed by atoms with van der Waals surface area (Å²) in [6.07, 6.45) is 3.43. The molecule has 6 nitrogen and oxygen atoms in total. The molecule has 0 aliphatic carbocycles. The van der Waals surface area contributed by atoms with Crippen LogP contribution >= 0.6 is 11.6 Å². The number of halogens is 1. The van der Waals surface area contributed by atoms with E-state index in [0.717, 1.165) is 5.56 Å². The van der Waals surface area contributed by atoms with E-state index in [9.17, 15) is 9.59 Å². The number of pyridine rings is 1. The van der Waals surface area contributed by atoms with Crippen LogP contribution in [0, 0.1) is 0 Å². The number of carbonyl (C=O) groups excluding carboxylic acids is 2. The van der Waals surface area contributed by atoms with E-state index in [0.29, 0.717) is 42.5 Å². The van der Waals surface area contributed by atoms with Crippen LogP contribution in [0.4, 0.5) is 0 Å². The topological polar surface area (TPSA) is 62.7 Å². The molecule has 0 atom stereocenters. The summed E-state index contributed by atoms with van der Waals surface area (Å²) in [7, 11) is 1.57. The summed E-state index contributed by atoms with van der Waals surface area (Å²) in [5.74, 6) is 0.617. The zero-order valence-corrected chi connectivity index (χ0v) is 15.3. The Morgan fingerprint density at radius 3 is 2.38 bits per heavy atom. The Hall–Kier alpha value is -2.60. The van der Waals surface area contributed by atoms with Crippen LogP contribution in [0.15, 0.2) is 42.7 Å². The van der Waals surface area contributed by atoms with Crippen molar-refractivity contribution in [2.24, 2.45) is 0 Å². The van der Waals surface area contributed by atoms with E-state index >= 15 is 0 Å². The first-order valence-electron chi connectivity index (χ1n) is 8.38. The van der Waals surface area contributed by atoms with Crippen molar-refractivity contribution in [2.75, 3.05) is 33.3 Å². The summed E-state index contributed by atoms with van der Waals surface area (Å²) in [4.78, 5) is 32.5. The van der Waals surface area contributed by atoms with Gasteiger partial charge in [0.05, 0.1) is 13.5 Å². The zero-order valence-electron chi connectivity index (χ0n) is 14.5. The van der Waals surface area contributed by atoms with Gasteiger partial charge in [-0.15, -0.1) is 0 Å². The van der Waals surface area contributed by atoms with Crippen molar-refractivity contribution in [3.05, 3.63) is 58.9 Å². The average Bonchev–Trinajstić information content (AvgIpc) is 2.68. The molecular formula is C19H20ClN3O3. The number of amides is 2. The first-order valence-corrected chi connectivity index (χ1v) is 8.76. The van der Waals surface area contributed by atoms with E-state index in [1.165, 1.54) is 0 Å². The number of hydrogen-bond acceptors (Lipinski definition) is 4. The number of ether oxygens (including phenoxy) is 1. The molecule has 0 N–H and O–H groups in total. The third-order valence-corrected chi connectivity index (χ3v) is 4.67.